The van der Waals surface area contributed by atoms with Crippen LogP contribution in [0.5, 0.6) is 0 Å². The molecule has 0 fully saturated rings. The van der Waals surface area contributed by atoms with Gasteiger partial charge in [-0.05, 0) is 59.4 Å². The molecule has 0 bridgehead atoms. The van der Waals surface area contributed by atoms with Crippen molar-refractivity contribution in [1.82, 2.24) is 4.90 Å². The number of benzene rings is 1. The molecule has 0 aliphatic carbocycles. The second-order valence-corrected chi connectivity index (χ2v) is 7.20. The fourth-order valence-electron chi connectivity index (χ4n) is 2.33. The highest BCUT2D eigenvalue weighted by Gasteiger charge is 2.26. The van der Waals surface area contributed by atoms with Gasteiger partial charge in [0.05, 0.1) is 18.8 Å². The predicted molar refractivity (Wildman–Crippen MR) is 95.0 cm³/mol. The van der Waals surface area contributed by atoms with Gasteiger partial charge in [0.25, 0.3) is 0 Å². The number of hydrogen-bond acceptors (Lipinski definition) is 5. The number of carbonyl (C=O) groups is 1. The molecule has 6 heteroatoms. The third kappa shape index (κ3) is 6.11. The van der Waals surface area contributed by atoms with Gasteiger partial charge in [0.15, 0.2) is 0 Å². The zero-order chi connectivity index (χ0) is 18.5. The van der Waals surface area contributed by atoms with Gasteiger partial charge in [0.1, 0.15) is 5.60 Å². The number of rotatable bonds is 6. The Labute approximate surface area is 144 Å². The zero-order valence-electron chi connectivity index (χ0n) is 15.4. The van der Waals surface area contributed by atoms with E-state index >= 15 is 0 Å². The monoisotopic (exact) mass is 338 g/mol. The molecular weight excluding hydrogens is 308 g/mol. The molecule has 1 aromatic carbocycles. The van der Waals surface area contributed by atoms with Crippen molar-refractivity contribution >= 4 is 11.8 Å². The maximum absolute atomic E-state index is 11.8. The van der Waals surface area contributed by atoms with Crippen LogP contribution < -0.4 is 5.32 Å². The highest BCUT2D eigenvalue weighted by Crippen LogP contribution is 2.26. The second-order valence-electron chi connectivity index (χ2n) is 7.20. The Bertz CT molecular complexity index is 523. The minimum absolute atomic E-state index is 0.204. The minimum Gasteiger partial charge on any atom is -0.444 e. The lowest BCUT2D eigenvalue weighted by molar-refractivity contribution is 0.00885. The molecule has 1 aromatic rings. The van der Waals surface area contributed by atoms with Gasteiger partial charge in [0.2, 0.25) is 0 Å². The SMILES string of the molecule is CC(C)N(C)C(c1ccc(NC(=O)OC(C)(C)C)cc1)[C@H](O)CO. The summed E-state index contributed by atoms with van der Waals surface area (Å²) in [4.78, 5) is 13.8. The normalized spacial score (nSPS) is 14.6. The topological polar surface area (TPSA) is 82.0 Å². The average molecular weight is 338 g/mol. The van der Waals surface area contributed by atoms with E-state index in [0.29, 0.717) is 5.69 Å². The molecule has 1 rings (SSSR count). The highest BCUT2D eigenvalue weighted by molar-refractivity contribution is 5.84. The third-order valence-electron chi connectivity index (χ3n) is 3.70. The molecule has 0 saturated carbocycles. The summed E-state index contributed by atoms with van der Waals surface area (Å²) in [6.07, 6.45) is -1.40. The van der Waals surface area contributed by atoms with E-state index in [-0.39, 0.29) is 18.7 Å². The standard InChI is InChI=1S/C18H30N2O4/c1-12(2)20(6)16(15(22)11-21)13-7-9-14(10-8-13)19-17(23)24-18(3,4)5/h7-10,12,15-16,21-22H,11H2,1-6H3,(H,19,23)/t15-,16?/m1/s1. The molecule has 2 atom stereocenters. The number of aliphatic hydroxyl groups is 2. The van der Waals surface area contributed by atoms with Gasteiger partial charge < -0.3 is 14.9 Å². The van der Waals surface area contributed by atoms with Crippen LogP contribution in [0.25, 0.3) is 0 Å². The van der Waals surface area contributed by atoms with Gasteiger partial charge in [-0.3, -0.25) is 10.2 Å². The first-order valence-electron chi connectivity index (χ1n) is 8.16. The number of ether oxygens (including phenoxy) is 1. The number of nitrogens with one attached hydrogen (secondary N) is 1. The molecule has 136 valence electrons. The summed E-state index contributed by atoms with van der Waals surface area (Å²) in [7, 11) is 1.90. The summed E-state index contributed by atoms with van der Waals surface area (Å²) in [5.41, 5.74) is 0.917. The fraction of sp³-hybridized carbons (Fsp3) is 0.611. The van der Waals surface area contributed by atoms with Crippen LogP contribution in [-0.2, 0) is 4.74 Å². The minimum atomic E-state index is -0.887. The van der Waals surface area contributed by atoms with Crippen molar-refractivity contribution in [3.05, 3.63) is 29.8 Å². The lowest BCUT2D eigenvalue weighted by atomic mass is 9.99. The molecule has 6 nitrogen and oxygen atoms in total. The lowest BCUT2D eigenvalue weighted by Gasteiger charge is -2.34. The zero-order valence-corrected chi connectivity index (χ0v) is 15.4. The molecule has 24 heavy (non-hydrogen) atoms. The average Bonchev–Trinajstić information content (AvgIpc) is 2.46. The Morgan fingerprint density at radius 1 is 1.25 bits per heavy atom. The van der Waals surface area contributed by atoms with Crippen molar-refractivity contribution in [3.63, 3.8) is 0 Å². The van der Waals surface area contributed by atoms with Crippen LogP contribution in [0.1, 0.15) is 46.2 Å². The molecule has 0 radical (unpaired) electrons. The van der Waals surface area contributed by atoms with Gasteiger partial charge in [0, 0.05) is 11.7 Å². The highest BCUT2D eigenvalue weighted by atomic mass is 16.6. The fourth-order valence-corrected chi connectivity index (χ4v) is 2.33. The summed E-state index contributed by atoms with van der Waals surface area (Å²) >= 11 is 0. The number of aliphatic hydroxyl groups excluding tert-OH is 2. The molecule has 0 heterocycles. The number of amides is 1. The summed E-state index contributed by atoms with van der Waals surface area (Å²) in [6, 6.07) is 7.04. The number of anilines is 1. The second kappa shape index (κ2) is 8.46. The van der Waals surface area contributed by atoms with Crippen LogP contribution in [0.15, 0.2) is 24.3 Å². The smallest absolute Gasteiger partial charge is 0.412 e. The Morgan fingerprint density at radius 2 is 1.79 bits per heavy atom. The van der Waals surface area contributed by atoms with Crippen LogP contribution in [-0.4, -0.2) is 52.6 Å². The van der Waals surface area contributed by atoms with Gasteiger partial charge in [-0.1, -0.05) is 12.1 Å². The lowest BCUT2D eigenvalue weighted by Crippen LogP contribution is -2.39. The van der Waals surface area contributed by atoms with Crippen LogP contribution in [0.4, 0.5) is 10.5 Å². The molecule has 0 spiro atoms. The molecule has 1 amide bonds. The van der Waals surface area contributed by atoms with Crippen LogP contribution >= 0.6 is 0 Å². The van der Waals surface area contributed by atoms with Crippen molar-refractivity contribution in [3.8, 4) is 0 Å². The first-order valence-corrected chi connectivity index (χ1v) is 8.16. The van der Waals surface area contributed by atoms with E-state index in [0.717, 1.165) is 5.56 Å². The van der Waals surface area contributed by atoms with E-state index in [2.05, 4.69) is 5.32 Å². The Morgan fingerprint density at radius 3 is 2.21 bits per heavy atom. The van der Waals surface area contributed by atoms with E-state index in [4.69, 9.17) is 4.74 Å². The summed E-state index contributed by atoms with van der Waals surface area (Å²) in [5.74, 6) is 0. The van der Waals surface area contributed by atoms with Gasteiger partial charge in [-0.15, -0.1) is 0 Å². The van der Waals surface area contributed by atoms with Gasteiger partial charge in [-0.25, -0.2) is 4.79 Å². The summed E-state index contributed by atoms with van der Waals surface area (Å²) in [5, 5.41) is 22.2. The van der Waals surface area contributed by atoms with E-state index in [1.165, 1.54) is 0 Å². The maximum atomic E-state index is 11.8. The largest absolute Gasteiger partial charge is 0.444 e. The van der Waals surface area contributed by atoms with E-state index in [9.17, 15) is 15.0 Å². The molecule has 0 aliphatic heterocycles. The van der Waals surface area contributed by atoms with Crippen LogP contribution in [0.2, 0.25) is 0 Å². The first kappa shape index (κ1) is 20.4. The molecule has 0 aromatic heterocycles. The van der Waals surface area contributed by atoms with Crippen molar-refractivity contribution in [2.24, 2.45) is 0 Å². The Kier molecular flexibility index (Phi) is 7.20. The predicted octanol–water partition coefficient (Wildman–Crippen LogP) is 2.77. The van der Waals surface area contributed by atoms with E-state index < -0.39 is 17.8 Å². The molecular formula is C18H30N2O4. The van der Waals surface area contributed by atoms with Crippen LogP contribution in [0.3, 0.4) is 0 Å². The van der Waals surface area contributed by atoms with Gasteiger partial charge in [-0.2, -0.15) is 0 Å². The maximum Gasteiger partial charge on any atom is 0.412 e. The first-order chi connectivity index (χ1) is 11.0. The quantitative estimate of drug-likeness (QED) is 0.743. The Hall–Kier alpha value is -1.63. The van der Waals surface area contributed by atoms with E-state index in [1.807, 2.05) is 37.9 Å². The number of hydrogen-bond donors (Lipinski definition) is 3. The molecule has 0 saturated heterocycles. The molecule has 1 unspecified atom stereocenters. The van der Waals surface area contributed by atoms with Gasteiger partial charge >= 0.3 is 6.09 Å². The number of nitrogens with zero attached hydrogens (tertiary/aromatic N) is 1. The van der Waals surface area contributed by atoms with Crippen molar-refractivity contribution < 1.29 is 19.7 Å². The summed E-state index contributed by atoms with van der Waals surface area (Å²) in [6.45, 7) is 9.14. The summed E-state index contributed by atoms with van der Waals surface area (Å²) < 4.78 is 5.21. The van der Waals surface area contributed by atoms with Crippen molar-refractivity contribution in [2.75, 3.05) is 19.0 Å². The third-order valence-corrected chi connectivity index (χ3v) is 3.70. The molecule has 0 aliphatic rings. The number of likely N-dealkylation sites (N-methyl/N-ethyl adjacent to an activating group) is 1. The van der Waals surface area contributed by atoms with E-state index in [1.54, 1.807) is 32.9 Å². The van der Waals surface area contributed by atoms with Crippen molar-refractivity contribution in [1.29, 1.82) is 0 Å². The Balaban J connectivity index is 2.89. The number of carbonyl (C=O) groups excluding carboxylic acids is 1. The van der Waals surface area contributed by atoms with Crippen molar-refractivity contribution in [2.45, 2.75) is 58.4 Å². The molecule has 3 N–H and O–H groups in total. The van der Waals surface area contributed by atoms with Crippen LogP contribution in [0, 0.1) is 0 Å².